The van der Waals surface area contributed by atoms with Crippen LogP contribution in [-0.4, -0.2) is 49.2 Å². The van der Waals surface area contributed by atoms with Crippen molar-refractivity contribution in [2.75, 3.05) is 33.4 Å². The summed E-state index contributed by atoms with van der Waals surface area (Å²) in [6.07, 6.45) is 4.74. The molecular formula is C21H33N5O2. The lowest BCUT2D eigenvalue weighted by atomic mass is 10.2. The SMILES string of the molecule is CCOCCCNC(=NCc1ccc(OC)cc1)NCC(C)Cn1cccn1. The van der Waals surface area contributed by atoms with Gasteiger partial charge in [-0.05, 0) is 43.0 Å². The number of rotatable bonds is 12. The number of methoxy groups -OCH3 is 1. The summed E-state index contributed by atoms with van der Waals surface area (Å²) in [7, 11) is 1.67. The van der Waals surface area contributed by atoms with Crippen molar-refractivity contribution in [3.8, 4) is 5.75 Å². The van der Waals surface area contributed by atoms with Crippen molar-refractivity contribution in [2.24, 2.45) is 10.9 Å². The summed E-state index contributed by atoms with van der Waals surface area (Å²) >= 11 is 0. The van der Waals surface area contributed by atoms with Gasteiger partial charge >= 0.3 is 0 Å². The van der Waals surface area contributed by atoms with E-state index < -0.39 is 0 Å². The molecule has 0 aliphatic rings. The number of ether oxygens (including phenoxy) is 2. The molecule has 2 rings (SSSR count). The first-order valence-corrected chi connectivity index (χ1v) is 9.91. The van der Waals surface area contributed by atoms with E-state index in [1.807, 2.05) is 54.3 Å². The lowest BCUT2D eigenvalue weighted by Gasteiger charge is -2.17. The predicted octanol–water partition coefficient (Wildman–Crippen LogP) is 2.69. The molecule has 0 bridgehead atoms. The molecule has 1 heterocycles. The van der Waals surface area contributed by atoms with Gasteiger partial charge in [0.15, 0.2) is 5.96 Å². The van der Waals surface area contributed by atoms with Crippen LogP contribution < -0.4 is 15.4 Å². The van der Waals surface area contributed by atoms with Crippen LogP contribution in [0.3, 0.4) is 0 Å². The normalized spacial score (nSPS) is 12.6. The maximum Gasteiger partial charge on any atom is 0.191 e. The Hall–Kier alpha value is -2.54. The Morgan fingerprint density at radius 2 is 2.07 bits per heavy atom. The summed E-state index contributed by atoms with van der Waals surface area (Å²) in [5.41, 5.74) is 1.14. The Bertz CT molecular complexity index is 671. The third kappa shape index (κ3) is 8.43. The van der Waals surface area contributed by atoms with Crippen molar-refractivity contribution in [1.29, 1.82) is 0 Å². The fraction of sp³-hybridized carbons (Fsp3) is 0.524. The van der Waals surface area contributed by atoms with E-state index in [4.69, 9.17) is 14.5 Å². The standard InChI is InChI=1S/C21H33N5O2/c1-4-28-14-6-11-22-21(23-15-18(2)17-26-13-5-12-25-26)24-16-19-7-9-20(27-3)10-8-19/h5,7-10,12-13,18H,4,6,11,14-17H2,1-3H3,(H2,22,23,24). The van der Waals surface area contributed by atoms with E-state index in [0.717, 1.165) is 56.5 Å². The first-order valence-electron chi connectivity index (χ1n) is 9.91. The topological polar surface area (TPSA) is 72.7 Å². The molecule has 0 saturated carbocycles. The fourth-order valence-corrected chi connectivity index (χ4v) is 2.66. The summed E-state index contributed by atoms with van der Waals surface area (Å²) in [6.45, 7) is 8.84. The van der Waals surface area contributed by atoms with Crippen LogP contribution >= 0.6 is 0 Å². The van der Waals surface area contributed by atoms with Crippen LogP contribution in [0, 0.1) is 5.92 Å². The minimum absolute atomic E-state index is 0.427. The maximum atomic E-state index is 5.40. The fourth-order valence-electron chi connectivity index (χ4n) is 2.66. The molecular weight excluding hydrogens is 354 g/mol. The molecule has 7 nitrogen and oxygen atoms in total. The maximum absolute atomic E-state index is 5.40. The van der Waals surface area contributed by atoms with Crippen LogP contribution in [-0.2, 0) is 17.8 Å². The van der Waals surface area contributed by atoms with E-state index in [1.54, 1.807) is 7.11 Å². The average Bonchev–Trinajstić information content (AvgIpc) is 3.22. The molecule has 0 radical (unpaired) electrons. The van der Waals surface area contributed by atoms with Crippen LogP contribution in [0.1, 0.15) is 25.8 Å². The minimum atomic E-state index is 0.427. The van der Waals surface area contributed by atoms with E-state index in [0.29, 0.717) is 12.5 Å². The van der Waals surface area contributed by atoms with Gasteiger partial charge in [0.2, 0.25) is 0 Å². The summed E-state index contributed by atoms with van der Waals surface area (Å²) in [4.78, 5) is 4.73. The highest BCUT2D eigenvalue weighted by Gasteiger charge is 2.06. The second-order valence-electron chi connectivity index (χ2n) is 6.70. The molecule has 7 heteroatoms. The molecule has 1 aromatic carbocycles. The highest BCUT2D eigenvalue weighted by atomic mass is 16.5. The predicted molar refractivity (Wildman–Crippen MR) is 113 cm³/mol. The number of benzene rings is 1. The zero-order valence-electron chi connectivity index (χ0n) is 17.2. The quantitative estimate of drug-likeness (QED) is 0.333. The number of hydrogen-bond donors (Lipinski definition) is 2. The lowest BCUT2D eigenvalue weighted by molar-refractivity contribution is 0.145. The van der Waals surface area contributed by atoms with Crippen LogP contribution in [0.4, 0.5) is 0 Å². The van der Waals surface area contributed by atoms with Gasteiger partial charge in [-0.2, -0.15) is 5.10 Å². The number of aliphatic imine (C=N–C) groups is 1. The first-order chi connectivity index (χ1) is 13.7. The summed E-state index contributed by atoms with van der Waals surface area (Å²) in [6, 6.07) is 9.94. The minimum Gasteiger partial charge on any atom is -0.497 e. The van der Waals surface area contributed by atoms with Gasteiger partial charge in [0, 0.05) is 45.2 Å². The van der Waals surface area contributed by atoms with E-state index in [2.05, 4.69) is 22.7 Å². The lowest BCUT2D eigenvalue weighted by Crippen LogP contribution is -2.40. The van der Waals surface area contributed by atoms with Gasteiger partial charge in [0.05, 0.1) is 13.7 Å². The highest BCUT2D eigenvalue weighted by molar-refractivity contribution is 5.79. The number of hydrogen-bond acceptors (Lipinski definition) is 4. The smallest absolute Gasteiger partial charge is 0.191 e. The largest absolute Gasteiger partial charge is 0.497 e. The number of nitrogens with zero attached hydrogens (tertiary/aromatic N) is 3. The molecule has 1 aromatic heterocycles. The van der Waals surface area contributed by atoms with Crippen LogP contribution in [0.25, 0.3) is 0 Å². The Balaban J connectivity index is 1.86. The van der Waals surface area contributed by atoms with Crippen LogP contribution in [0.15, 0.2) is 47.7 Å². The van der Waals surface area contributed by atoms with E-state index in [9.17, 15) is 0 Å². The molecule has 154 valence electrons. The van der Waals surface area contributed by atoms with Crippen molar-refractivity contribution >= 4 is 5.96 Å². The average molecular weight is 388 g/mol. The van der Waals surface area contributed by atoms with E-state index >= 15 is 0 Å². The zero-order chi connectivity index (χ0) is 20.0. The van der Waals surface area contributed by atoms with Crippen LogP contribution in [0.2, 0.25) is 0 Å². The second-order valence-corrected chi connectivity index (χ2v) is 6.70. The van der Waals surface area contributed by atoms with Crippen LogP contribution in [0.5, 0.6) is 5.75 Å². The number of aromatic nitrogens is 2. The third-order valence-electron chi connectivity index (χ3n) is 4.22. The molecule has 0 aliphatic carbocycles. The molecule has 1 atom stereocenters. The highest BCUT2D eigenvalue weighted by Crippen LogP contribution is 2.11. The molecule has 0 aliphatic heterocycles. The van der Waals surface area contributed by atoms with Gasteiger partial charge in [0.25, 0.3) is 0 Å². The second kappa shape index (κ2) is 12.8. The van der Waals surface area contributed by atoms with Crippen molar-refractivity contribution < 1.29 is 9.47 Å². The van der Waals surface area contributed by atoms with Gasteiger partial charge in [-0.3, -0.25) is 4.68 Å². The van der Waals surface area contributed by atoms with Gasteiger partial charge in [0.1, 0.15) is 5.75 Å². The van der Waals surface area contributed by atoms with Crippen molar-refractivity contribution in [3.05, 3.63) is 48.3 Å². The Morgan fingerprint density at radius 1 is 1.25 bits per heavy atom. The molecule has 28 heavy (non-hydrogen) atoms. The van der Waals surface area contributed by atoms with Gasteiger partial charge in [-0.25, -0.2) is 4.99 Å². The molecule has 0 amide bonds. The Kier molecular flexibility index (Phi) is 9.93. The third-order valence-corrected chi connectivity index (χ3v) is 4.22. The molecule has 0 saturated heterocycles. The molecule has 2 N–H and O–H groups in total. The molecule has 0 spiro atoms. The number of guanidine groups is 1. The van der Waals surface area contributed by atoms with Crippen molar-refractivity contribution in [2.45, 2.75) is 33.4 Å². The summed E-state index contributed by atoms with van der Waals surface area (Å²) < 4.78 is 12.6. The zero-order valence-corrected chi connectivity index (χ0v) is 17.2. The molecule has 1 unspecified atom stereocenters. The monoisotopic (exact) mass is 387 g/mol. The Labute approximate surface area is 168 Å². The van der Waals surface area contributed by atoms with Gasteiger partial charge in [-0.1, -0.05) is 19.1 Å². The molecule has 0 fully saturated rings. The van der Waals surface area contributed by atoms with E-state index in [-0.39, 0.29) is 0 Å². The summed E-state index contributed by atoms with van der Waals surface area (Å²) in [5.74, 6) is 2.10. The Morgan fingerprint density at radius 3 is 2.75 bits per heavy atom. The van der Waals surface area contributed by atoms with E-state index in [1.165, 1.54) is 0 Å². The van der Waals surface area contributed by atoms with Crippen molar-refractivity contribution in [3.63, 3.8) is 0 Å². The van der Waals surface area contributed by atoms with Crippen molar-refractivity contribution in [1.82, 2.24) is 20.4 Å². The van der Waals surface area contributed by atoms with Gasteiger partial charge < -0.3 is 20.1 Å². The molecule has 2 aromatic rings. The first kappa shape index (κ1) is 21.8. The van der Waals surface area contributed by atoms with Gasteiger partial charge in [-0.15, -0.1) is 0 Å². The summed E-state index contributed by atoms with van der Waals surface area (Å²) in [5, 5.41) is 11.1. The number of nitrogens with one attached hydrogen (secondary N) is 2.